The summed E-state index contributed by atoms with van der Waals surface area (Å²) in [6, 6.07) is 10.1. The van der Waals surface area contributed by atoms with Gasteiger partial charge in [0.05, 0.1) is 6.61 Å². The maximum absolute atomic E-state index is 12.1. The first-order valence-electron chi connectivity index (χ1n) is 8.29. The molecule has 132 valence electrons. The number of anilines is 1. The number of methoxy groups -OCH3 is 1. The number of carbonyl (C=O) groups is 2. The van der Waals surface area contributed by atoms with Crippen LogP contribution in [0.15, 0.2) is 30.3 Å². The highest BCUT2D eigenvalue weighted by molar-refractivity contribution is 5.78. The Bertz CT molecular complexity index is 516. The molecular weight excluding hydrogens is 308 g/mol. The molecule has 1 aliphatic heterocycles. The second kappa shape index (κ2) is 9.77. The lowest BCUT2D eigenvalue weighted by molar-refractivity contribution is -0.121. The molecule has 24 heavy (non-hydrogen) atoms. The van der Waals surface area contributed by atoms with E-state index in [0.717, 1.165) is 13.1 Å². The van der Waals surface area contributed by atoms with Crippen molar-refractivity contribution in [3.8, 4) is 0 Å². The third-order valence-corrected chi connectivity index (χ3v) is 3.94. The summed E-state index contributed by atoms with van der Waals surface area (Å²) >= 11 is 0. The fourth-order valence-electron chi connectivity index (χ4n) is 2.58. The highest BCUT2D eigenvalue weighted by Crippen LogP contribution is 2.15. The zero-order chi connectivity index (χ0) is 17.2. The number of urea groups is 1. The second-order valence-corrected chi connectivity index (χ2v) is 5.63. The Morgan fingerprint density at radius 2 is 1.75 bits per heavy atom. The molecule has 0 spiro atoms. The number of rotatable bonds is 7. The molecule has 0 aromatic heterocycles. The van der Waals surface area contributed by atoms with Crippen molar-refractivity contribution in [1.82, 2.24) is 15.5 Å². The van der Waals surface area contributed by atoms with Gasteiger partial charge in [-0.3, -0.25) is 4.79 Å². The lowest BCUT2D eigenvalue weighted by atomic mass is 10.2. The molecule has 1 fully saturated rings. The van der Waals surface area contributed by atoms with E-state index in [4.69, 9.17) is 4.74 Å². The van der Waals surface area contributed by atoms with Crippen molar-refractivity contribution < 1.29 is 14.3 Å². The molecule has 1 saturated heterocycles. The Morgan fingerprint density at radius 1 is 1.04 bits per heavy atom. The van der Waals surface area contributed by atoms with Crippen molar-refractivity contribution >= 4 is 17.6 Å². The van der Waals surface area contributed by atoms with E-state index >= 15 is 0 Å². The highest BCUT2D eigenvalue weighted by Gasteiger charge is 2.20. The van der Waals surface area contributed by atoms with E-state index in [1.165, 1.54) is 5.69 Å². The van der Waals surface area contributed by atoms with Crippen molar-refractivity contribution in [2.45, 2.75) is 6.42 Å². The maximum atomic E-state index is 12.1. The van der Waals surface area contributed by atoms with Crippen LogP contribution in [0.3, 0.4) is 0 Å². The van der Waals surface area contributed by atoms with Gasteiger partial charge in [-0.15, -0.1) is 0 Å². The van der Waals surface area contributed by atoms with Gasteiger partial charge in [-0.2, -0.15) is 0 Å². The summed E-state index contributed by atoms with van der Waals surface area (Å²) in [4.78, 5) is 27.7. The summed E-state index contributed by atoms with van der Waals surface area (Å²) in [6.07, 6.45) is 0.277. The normalized spacial score (nSPS) is 14.4. The van der Waals surface area contributed by atoms with Crippen molar-refractivity contribution in [3.05, 3.63) is 30.3 Å². The molecule has 7 heteroatoms. The molecule has 0 bridgehead atoms. The lowest BCUT2D eigenvalue weighted by Gasteiger charge is -2.36. The average Bonchev–Trinajstić information content (AvgIpc) is 2.63. The minimum absolute atomic E-state index is 0.0822. The molecule has 0 saturated carbocycles. The van der Waals surface area contributed by atoms with E-state index in [2.05, 4.69) is 27.7 Å². The summed E-state index contributed by atoms with van der Waals surface area (Å²) in [7, 11) is 1.59. The van der Waals surface area contributed by atoms with Gasteiger partial charge in [0.15, 0.2) is 0 Å². The summed E-state index contributed by atoms with van der Waals surface area (Å²) in [5, 5.41) is 5.53. The SMILES string of the molecule is COCCNC(=O)CCNC(=O)N1CCN(c2ccccc2)CC1. The minimum Gasteiger partial charge on any atom is -0.383 e. The molecule has 0 radical (unpaired) electrons. The van der Waals surface area contributed by atoms with Gasteiger partial charge in [0.1, 0.15) is 0 Å². The van der Waals surface area contributed by atoms with Gasteiger partial charge in [0.25, 0.3) is 0 Å². The number of nitrogens with one attached hydrogen (secondary N) is 2. The van der Waals surface area contributed by atoms with Crippen LogP contribution in [-0.2, 0) is 9.53 Å². The molecule has 0 aliphatic carbocycles. The Balaban J connectivity index is 1.63. The Labute approximate surface area is 142 Å². The number of nitrogens with zero attached hydrogens (tertiary/aromatic N) is 2. The molecule has 0 unspecified atom stereocenters. The van der Waals surface area contributed by atoms with E-state index in [0.29, 0.717) is 32.8 Å². The topological polar surface area (TPSA) is 73.9 Å². The Morgan fingerprint density at radius 3 is 2.42 bits per heavy atom. The maximum Gasteiger partial charge on any atom is 0.317 e. The van der Waals surface area contributed by atoms with Gasteiger partial charge >= 0.3 is 6.03 Å². The van der Waals surface area contributed by atoms with E-state index in [9.17, 15) is 9.59 Å². The van der Waals surface area contributed by atoms with Crippen LogP contribution in [0, 0.1) is 0 Å². The quantitative estimate of drug-likeness (QED) is 0.719. The van der Waals surface area contributed by atoms with Crippen LogP contribution in [0.2, 0.25) is 0 Å². The fourth-order valence-corrected chi connectivity index (χ4v) is 2.58. The monoisotopic (exact) mass is 334 g/mol. The molecule has 1 aliphatic rings. The number of carbonyl (C=O) groups excluding carboxylic acids is 2. The minimum atomic E-state index is -0.104. The van der Waals surface area contributed by atoms with Crippen molar-refractivity contribution in [3.63, 3.8) is 0 Å². The number of benzene rings is 1. The summed E-state index contributed by atoms with van der Waals surface area (Å²) in [6.45, 7) is 4.32. The number of para-hydroxylation sites is 1. The Hall–Kier alpha value is -2.28. The number of ether oxygens (including phenoxy) is 1. The highest BCUT2D eigenvalue weighted by atomic mass is 16.5. The van der Waals surface area contributed by atoms with E-state index in [-0.39, 0.29) is 18.4 Å². The first kappa shape index (κ1) is 18.1. The Kier molecular flexibility index (Phi) is 7.35. The van der Waals surface area contributed by atoms with Crippen molar-refractivity contribution in [1.29, 1.82) is 0 Å². The first-order chi connectivity index (χ1) is 11.7. The third kappa shape index (κ3) is 5.73. The van der Waals surface area contributed by atoms with Gasteiger partial charge in [-0.05, 0) is 12.1 Å². The molecule has 7 nitrogen and oxygen atoms in total. The largest absolute Gasteiger partial charge is 0.383 e. The van der Waals surface area contributed by atoms with Gasteiger partial charge in [-0.25, -0.2) is 4.79 Å². The van der Waals surface area contributed by atoms with Gasteiger partial charge in [0, 0.05) is 58.5 Å². The standard InChI is InChI=1S/C17H26N4O3/c1-24-14-9-18-16(22)7-8-19-17(23)21-12-10-20(11-13-21)15-5-3-2-4-6-15/h2-6H,7-14H2,1H3,(H,18,22)(H,19,23). The van der Waals surface area contributed by atoms with Crippen molar-refractivity contribution in [2.75, 3.05) is 57.9 Å². The van der Waals surface area contributed by atoms with Crippen LogP contribution >= 0.6 is 0 Å². The zero-order valence-electron chi connectivity index (χ0n) is 14.2. The summed E-state index contributed by atoms with van der Waals surface area (Å²) in [5.41, 5.74) is 1.19. The van der Waals surface area contributed by atoms with E-state index in [1.54, 1.807) is 12.0 Å². The van der Waals surface area contributed by atoms with Crippen LogP contribution in [0.5, 0.6) is 0 Å². The predicted molar refractivity (Wildman–Crippen MR) is 93.1 cm³/mol. The number of hydrogen-bond acceptors (Lipinski definition) is 4. The predicted octanol–water partition coefficient (Wildman–Crippen LogP) is 0.671. The summed E-state index contributed by atoms with van der Waals surface area (Å²) in [5.74, 6) is -0.0822. The molecule has 1 heterocycles. The van der Waals surface area contributed by atoms with Gasteiger partial charge in [-0.1, -0.05) is 18.2 Å². The third-order valence-electron chi connectivity index (χ3n) is 3.94. The fraction of sp³-hybridized carbons (Fsp3) is 0.529. The molecule has 1 aromatic carbocycles. The molecule has 3 amide bonds. The second-order valence-electron chi connectivity index (χ2n) is 5.63. The van der Waals surface area contributed by atoms with Gasteiger partial charge < -0.3 is 25.2 Å². The van der Waals surface area contributed by atoms with Crippen LogP contribution in [0.1, 0.15) is 6.42 Å². The average molecular weight is 334 g/mol. The van der Waals surface area contributed by atoms with Crippen LogP contribution in [0.25, 0.3) is 0 Å². The molecular formula is C17H26N4O3. The zero-order valence-corrected chi connectivity index (χ0v) is 14.2. The smallest absolute Gasteiger partial charge is 0.317 e. The van der Waals surface area contributed by atoms with Crippen LogP contribution < -0.4 is 15.5 Å². The number of hydrogen-bond donors (Lipinski definition) is 2. The van der Waals surface area contributed by atoms with E-state index < -0.39 is 0 Å². The van der Waals surface area contributed by atoms with Crippen LogP contribution in [-0.4, -0.2) is 69.8 Å². The first-order valence-corrected chi connectivity index (χ1v) is 8.29. The van der Waals surface area contributed by atoms with E-state index in [1.807, 2.05) is 18.2 Å². The molecule has 2 rings (SSSR count). The lowest BCUT2D eigenvalue weighted by Crippen LogP contribution is -2.52. The summed E-state index contributed by atoms with van der Waals surface area (Å²) < 4.78 is 4.86. The molecule has 0 atom stereocenters. The van der Waals surface area contributed by atoms with Gasteiger partial charge in [0.2, 0.25) is 5.91 Å². The number of amides is 3. The molecule has 1 aromatic rings. The van der Waals surface area contributed by atoms with Crippen LogP contribution in [0.4, 0.5) is 10.5 Å². The molecule has 2 N–H and O–H groups in total. The number of piperazine rings is 1. The van der Waals surface area contributed by atoms with Crippen molar-refractivity contribution in [2.24, 2.45) is 0 Å².